The van der Waals surface area contributed by atoms with Crippen LogP contribution in [0.15, 0.2) is 146 Å². The van der Waals surface area contributed by atoms with Gasteiger partial charge in [0.1, 0.15) is 34.5 Å². The van der Waals surface area contributed by atoms with Gasteiger partial charge in [-0.2, -0.15) is 0 Å². The smallest absolute Gasteiger partial charge is 0.316 e. The number of hydrogen-bond acceptors (Lipinski definition) is 12. The lowest BCUT2D eigenvalue weighted by Gasteiger charge is -2.45. The van der Waals surface area contributed by atoms with Crippen LogP contribution in [-0.4, -0.2) is 35.8 Å². The summed E-state index contributed by atoms with van der Waals surface area (Å²) in [5, 5.41) is 0. The molecule has 0 saturated heterocycles. The Balaban J connectivity index is 1.48. The van der Waals surface area contributed by atoms with Gasteiger partial charge in [0, 0.05) is 0 Å². The zero-order valence-electron chi connectivity index (χ0n) is 37.2. The van der Waals surface area contributed by atoms with Gasteiger partial charge in [-0.25, -0.2) is 0 Å². The zero-order chi connectivity index (χ0) is 47.1. The molecule has 0 bridgehead atoms. The summed E-state index contributed by atoms with van der Waals surface area (Å²) in [6.45, 7) is 10.9. The molecule has 6 aromatic rings. The summed E-state index contributed by atoms with van der Waals surface area (Å²) in [5.41, 5.74) is 5.00. The van der Waals surface area contributed by atoms with Crippen molar-refractivity contribution in [1.29, 1.82) is 0 Å². The maximum absolute atomic E-state index is 15.1. The number of aryl methyl sites for hydroxylation is 6. The molecule has 1 fully saturated rings. The summed E-state index contributed by atoms with van der Waals surface area (Å²) in [6, 6.07) is 38.2. The van der Waals surface area contributed by atoms with Crippen LogP contribution in [0.2, 0.25) is 0 Å². The molecule has 336 valence electrons. The number of hydrogen-bond donors (Lipinski definition) is 0. The third-order valence-corrected chi connectivity index (χ3v) is 11.4. The van der Waals surface area contributed by atoms with Gasteiger partial charge in [0.05, 0.1) is 35.5 Å². The van der Waals surface area contributed by atoms with Crippen LogP contribution in [0.25, 0.3) is 0 Å². The van der Waals surface area contributed by atoms with Crippen LogP contribution in [0.5, 0.6) is 34.5 Å². The first-order valence-electron chi connectivity index (χ1n) is 21.3. The van der Waals surface area contributed by atoms with E-state index >= 15 is 28.8 Å². The molecule has 7 rings (SSSR count). The zero-order valence-corrected chi connectivity index (χ0v) is 37.2. The van der Waals surface area contributed by atoms with Crippen molar-refractivity contribution in [2.45, 2.75) is 41.5 Å². The predicted octanol–water partition coefficient (Wildman–Crippen LogP) is 9.18. The summed E-state index contributed by atoms with van der Waals surface area (Å²) in [6.07, 6.45) is 0. The fraction of sp³-hybridized carbons (Fsp3) is 0.222. The minimum absolute atomic E-state index is 0.0142. The standard InChI is InChI=1S/C54H48O12/c1-31-7-19-37(20-8-31)61-49(55)43-44(50(56)62-38-21-9-32(2)10-22-38)46(52(58)64-40-25-13-34(4)14-26-40)48(54(60)66-42-29-17-36(6)18-30-42)47(53(59)65-41-27-15-35(5)16-28-41)45(43)51(57)63-39-23-11-33(3)12-24-39/h7-30,43-48H,1-6H3. The molecule has 0 radical (unpaired) electrons. The van der Waals surface area contributed by atoms with Crippen molar-refractivity contribution in [1.82, 2.24) is 0 Å². The third-order valence-electron chi connectivity index (χ3n) is 11.4. The van der Waals surface area contributed by atoms with E-state index in [1.807, 2.05) is 41.5 Å². The Kier molecular flexibility index (Phi) is 14.2. The molecule has 0 atom stereocenters. The lowest BCUT2D eigenvalue weighted by atomic mass is 9.56. The Morgan fingerprint density at radius 3 is 0.439 bits per heavy atom. The van der Waals surface area contributed by atoms with E-state index in [1.165, 1.54) is 72.8 Å². The largest absolute Gasteiger partial charge is 0.426 e. The Bertz CT molecular complexity index is 2200. The summed E-state index contributed by atoms with van der Waals surface area (Å²) < 4.78 is 35.7. The summed E-state index contributed by atoms with van der Waals surface area (Å²) in [7, 11) is 0. The van der Waals surface area contributed by atoms with Crippen LogP contribution in [0, 0.1) is 77.0 Å². The molecule has 1 aliphatic rings. The number of ether oxygens (including phenoxy) is 6. The molecular formula is C54H48O12. The number of rotatable bonds is 12. The Labute approximate surface area is 382 Å². The molecule has 1 saturated carbocycles. The van der Waals surface area contributed by atoms with Gasteiger partial charge in [-0.3, -0.25) is 28.8 Å². The van der Waals surface area contributed by atoms with Crippen molar-refractivity contribution in [2.24, 2.45) is 35.5 Å². The van der Waals surface area contributed by atoms with Crippen molar-refractivity contribution in [3.63, 3.8) is 0 Å². The monoisotopic (exact) mass is 888 g/mol. The van der Waals surface area contributed by atoms with Gasteiger partial charge in [0.2, 0.25) is 0 Å². The van der Waals surface area contributed by atoms with Gasteiger partial charge >= 0.3 is 35.8 Å². The molecule has 0 unspecified atom stereocenters. The second kappa shape index (κ2) is 20.3. The number of carbonyl (C=O) groups is 6. The molecule has 0 spiro atoms. The van der Waals surface area contributed by atoms with Crippen LogP contribution >= 0.6 is 0 Å². The highest BCUT2D eigenvalue weighted by atomic mass is 16.6. The summed E-state index contributed by atoms with van der Waals surface area (Å²) >= 11 is 0. The molecule has 0 amide bonds. The lowest BCUT2D eigenvalue weighted by molar-refractivity contribution is -0.187. The first-order valence-corrected chi connectivity index (χ1v) is 21.3. The molecule has 6 aromatic carbocycles. The van der Waals surface area contributed by atoms with Gasteiger partial charge in [0.15, 0.2) is 0 Å². The first kappa shape index (κ1) is 46.1. The quantitative estimate of drug-likeness (QED) is 0.0849. The van der Waals surface area contributed by atoms with E-state index in [4.69, 9.17) is 28.4 Å². The van der Waals surface area contributed by atoms with Crippen LogP contribution in [0.1, 0.15) is 33.4 Å². The van der Waals surface area contributed by atoms with Crippen molar-refractivity contribution in [3.05, 3.63) is 179 Å². The first-order chi connectivity index (χ1) is 31.6. The van der Waals surface area contributed by atoms with E-state index in [2.05, 4.69) is 0 Å². The highest BCUT2D eigenvalue weighted by molar-refractivity contribution is 6.00. The molecule has 12 nitrogen and oxygen atoms in total. The second-order valence-electron chi connectivity index (χ2n) is 16.6. The molecule has 0 heterocycles. The van der Waals surface area contributed by atoms with Crippen LogP contribution in [0.4, 0.5) is 0 Å². The van der Waals surface area contributed by atoms with E-state index in [-0.39, 0.29) is 34.5 Å². The van der Waals surface area contributed by atoms with E-state index in [1.54, 1.807) is 72.8 Å². The van der Waals surface area contributed by atoms with Crippen molar-refractivity contribution < 1.29 is 57.2 Å². The van der Waals surface area contributed by atoms with Crippen molar-refractivity contribution >= 4 is 35.8 Å². The Morgan fingerprint density at radius 1 is 0.227 bits per heavy atom. The molecule has 12 heteroatoms. The lowest BCUT2D eigenvalue weighted by Crippen LogP contribution is -2.62. The molecule has 66 heavy (non-hydrogen) atoms. The maximum Gasteiger partial charge on any atom is 0.316 e. The van der Waals surface area contributed by atoms with Gasteiger partial charge < -0.3 is 28.4 Å². The average Bonchev–Trinajstić information content (AvgIpc) is 3.29. The van der Waals surface area contributed by atoms with Crippen LogP contribution in [-0.2, 0) is 28.8 Å². The van der Waals surface area contributed by atoms with Gasteiger partial charge in [-0.15, -0.1) is 0 Å². The SMILES string of the molecule is Cc1ccc(OC(=O)C2C(C(=O)Oc3ccc(C)cc3)C(C(=O)Oc3ccc(C)cc3)C(C(=O)Oc3ccc(C)cc3)C(C(=O)Oc3ccc(C)cc3)C2C(=O)Oc2ccc(C)cc2)cc1. The van der Waals surface area contributed by atoms with Gasteiger partial charge in [-0.1, -0.05) is 106 Å². The van der Waals surface area contributed by atoms with Gasteiger partial charge in [-0.05, 0) is 114 Å². The molecule has 1 aliphatic carbocycles. The molecular weight excluding hydrogens is 841 g/mol. The minimum atomic E-state index is -2.07. The topological polar surface area (TPSA) is 158 Å². The molecule has 0 aliphatic heterocycles. The second-order valence-corrected chi connectivity index (χ2v) is 16.6. The van der Waals surface area contributed by atoms with Crippen molar-refractivity contribution in [2.75, 3.05) is 0 Å². The third kappa shape index (κ3) is 11.1. The number of benzene rings is 6. The maximum atomic E-state index is 15.1. The average molecular weight is 889 g/mol. The highest BCUT2D eigenvalue weighted by Crippen LogP contribution is 2.50. The summed E-state index contributed by atoms with van der Waals surface area (Å²) in [4.78, 5) is 90.9. The number of carbonyl (C=O) groups excluding carboxylic acids is 6. The fourth-order valence-corrected chi connectivity index (χ4v) is 7.84. The predicted molar refractivity (Wildman–Crippen MR) is 242 cm³/mol. The molecule has 0 N–H and O–H groups in total. The molecule has 0 aromatic heterocycles. The Hall–Kier alpha value is -7.86. The van der Waals surface area contributed by atoms with Crippen LogP contribution < -0.4 is 28.4 Å². The normalized spacial score (nSPS) is 18.8. The van der Waals surface area contributed by atoms with E-state index in [0.29, 0.717) is 0 Å². The van der Waals surface area contributed by atoms with E-state index in [0.717, 1.165) is 33.4 Å². The van der Waals surface area contributed by atoms with E-state index < -0.39 is 71.3 Å². The number of esters is 6. The van der Waals surface area contributed by atoms with Crippen LogP contribution in [0.3, 0.4) is 0 Å². The minimum Gasteiger partial charge on any atom is -0.426 e. The highest BCUT2D eigenvalue weighted by Gasteiger charge is 2.67. The van der Waals surface area contributed by atoms with E-state index in [9.17, 15) is 0 Å². The van der Waals surface area contributed by atoms with Crippen molar-refractivity contribution in [3.8, 4) is 34.5 Å². The van der Waals surface area contributed by atoms with Gasteiger partial charge in [0.25, 0.3) is 0 Å². The summed E-state index contributed by atoms with van der Waals surface area (Å²) in [5.74, 6) is -19.7. The Morgan fingerprint density at radius 2 is 0.333 bits per heavy atom. The fourth-order valence-electron chi connectivity index (χ4n) is 7.84.